The highest BCUT2D eigenvalue weighted by atomic mass is 32.1. The summed E-state index contributed by atoms with van der Waals surface area (Å²) in [7, 11) is 0. The molecule has 0 aliphatic heterocycles. The van der Waals surface area contributed by atoms with Gasteiger partial charge in [0.05, 0.1) is 6.04 Å². The van der Waals surface area contributed by atoms with Gasteiger partial charge in [-0.1, -0.05) is 67.1 Å². The summed E-state index contributed by atoms with van der Waals surface area (Å²) in [4.78, 5) is 0. The molecule has 0 saturated heterocycles. The van der Waals surface area contributed by atoms with Crippen molar-refractivity contribution in [2.45, 2.75) is 32.9 Å². The third-order valence-electron chi connectivity index (χ3n) is 3.49. The number of thiocarbonyl (C=S) groups is 1. The van der Waals surface area contributed by atoms with E-state index >= 15 is 0 Å². The quantitative estimate of drug-likeness (QED) is 0.812. The number of rotatable bonds is 5. The van der Waals surface area contributed by atoms with Crippen LogP contribution in [-0.2, 0) is 6.54 Å². The van der Waals surface area contributed by atoms with Crippen molar-refractivity contribution < 1.29 is 0 Å². The van der Waals surface area contributed by atoms with E-state index in [-0.39, 0.29) is 6.04 Å². The second kappa shape index (κ2) is 7.79. The molecule has 0 bridgehead atoms. The Kier molecular flexibility index (Phi) is 5.76. The lowest BCUT2D eigenvalue weighted by Crippen LogP contribution is -2.37. The molecule has 2 aromatic rings. The molecule has 0 radical (unpaired) electrons. The van der Waals surface area contributed by atoms with Crippen LogP contribution in [0.4, 0.5) is 0 Å². The molecule has 0 aliphatic carbocycles. The molecule has 3 heteroatoms. The molecule has 0 saturated carbocycles. The van der Waals surface area contributed by atoms with Gasteiger partial charge in [-0.2, -0.15) is 0 Å². The molecule has 0 spiro atoms. The Morgan fingerprint density at radius 3 is 2.33 bits per heavy atom. The first-order chi connectivity index (χ1) is 10.2. The fourth-order valence-corrected chi connectivity index (χ4v) is 2.42. The van der Waals surface area contributed by atoms with E-state index in [1.165, 1.54) is 16.7 Å². The molecule has 0 amide bonds. The highest BCUT2D eigenvalue weighted by molar-refractivity contribution is 7.80. The van der Waals surface area contributed by atoms with E-state index in [1.807, 2.05) is 18.2 Å². The van der Waals surface area contributed by atoms with Gasteiger partial charge in [0.2, 0.25) is 0 Å². The van der Waals surface area contributed by atoms with Gasteiger partial charge in [0.15, 0.2) is 5.11 Å². The normalized spacial score (nSPS) is 11.7. The molecule has 2 aromatic carbocycles. The largest absolute Gasteiger partial charge is 0.359 e. The zero-order valence-electron chi connectivity index (χ0n) is 12.6. The van der Waals surface area contributed by atoms with Crippen LogP contribution < -0.4 is 10.6 Å². The highest BCUT2D eigenvalue weighted by Crippen LogP contribution is 2.16. The summed E-state index contributed by atoms with van der Waals surface area (Å²) in [6.07, 6.45) is 0.996. The van der Waals surface area contributed by atoms with Gasteiger partial charge in [0.25, 0.3) is 0 Å². The molecule has 2 rings (SSSR count). The molecular weight excluding hydrogens is 276 g/mol. The summed E-state index contributed by atoms with van der Waals surface area (Å²) < 4.78 is 0. The van der Waals surface area contributed by atoms with Gasteiger partial charge < -0.3 is 10.6 Å². The van der Waals surface area contributed by atoms with E-state index in [9.17, 15) is 0 Å². The summed E-state index contributed by atoms with van der Waals surface area (Å²) in [5.41, 5.74) is 3.77. The van der Waals surface area contributed by atoms with Crippen molar-refractivity contribution in [3.8, 4) is 0 Å². The Balaban J connectivity index is 1.89. The molecule has 2 N–H and O–H groups in total. The molecule has 0 fully saturated rings. The van der Waals surface area contributed by atoms with Crippen molar-refractivity contribution in [2.24, 2.45) is 0 Å². The summed E-state index contributed by atoms with van der Waals surface area (Å²) >= 11 is 5.40. The Labute approximate surface area is 132 Å². The van der Waals surface area contributed by atoms with Crippen molar-refractivity contribution in [1.29, 1.82) is 0 Å². The summed E-state index contributed by atoms with van der Waals surface area (Å²) in [5, 5.41) is 7.36. The zero-order chi connectivity index (χ0) is 15.1. The molecule has 21 heavy (non-hydrogen) atoms. The fourth-order valence-electron chi connectivity index (χ4n) is 2.21. The maximum absolute atomic E-state index is 5.40. The number of aryl methyl sites for hydroxylation is 1. The second-order valence-electron chi connectivity index (χ2n) is 5.18. The van der Waals surface area contributed by atoms with E-state index in [1.54, 1.807) is 0 Å². The predicted molar refractivity (Wildman–Crippen MR) is 93.2 cm³/mol. The van der Waals surface area contributed by atoms with Crippen LogP contribution in [0.2, 0.25) is 0 Å². The minimum Gasteiger partial charge on any atom is -0.359 e. The van der Waals surface area contributed by atoms with Crippen LogP contribution >= 0.6 is 12.2 Å². The smallest absolute Gasteiger partial charge is 0.167 e. The number of hydrogen-bond acceptors (Lipinski definition) is 1. The lowest BCUT2D eigenvalue weighted by molar-refractivity contribution is 0.616. The van der Waals surface area contributed by atoms with Crippen molar-refractivity contribution in [2.75, 3.05) is 0 Å². The lowest BCUT2D eigenvalue weighted by Gasteiger charge is -2.20. The van der Waals surface area contributed by atoms with E-state index in [0.29, 0.717) is 5.11 Å². The third-order valence-corrected chi connectivity index (χ3v) is 3.75. The Hall–Kier alpha value is -1.87. The molecular formula is C18H22N2S. The highest BCUT2D eigenvalue weighted by Gasteiger charge is 2.10. The summed E-state index contributed by atoms with van der Waals surface area (Å²) in [6.45, 7) is 5.01. The topological polar surface area (TPSA) is 24.1 Å². The Bertz CT molecular complexity index is 564. The fraction of sp³-hybridized carbons (Fsp3) is 0.278. The average molecular weight is 298 g/mol. The summed E-state index contributed by atoms with van der Waals surface area (Å²) in [5.74, 6) is 0. The lowest BCUT2D eigenvalue weighted by atomic mass is 10.0. The minimum absolute atomic E-state index is 0.251. The van der Waals surface area contributed by atoms with Crippen LogP contribution in [0.1, 0.15) is 36.1 Å². The average Bonchev–Trinajstić information content (AvgIpc) is 2.52. The van der Waals surface area contributed by atoms with Gasteiger partial charge in [-0.15, -0.1) is 0 Å². The van der Waals surface area contributed by atoms with Crippen LogP contribution in [0.15, 0.2) is 54.6 Å². The van der Waals surface area contributed by atoms with Crippen LogP contribution in [0.3, 0.4) is 0 Å². The number of nitrogens with one attached hydrogen (secondary N) is 2. The van der Waals surface area contributed by atoms with Crippen LogP contribution in [-0.4, -0.2) is 5.11 Å². The first-order valence-corrected chi connectivity index (χ1v) is 7.74. The number of hydrogen-bond donors (Lipinski definition) is 2. The van der Waals surface area contributed by atoms with Crippen molar-refractivity contribution in [1.82, 2.24) is 10.6 Å². The molecule has 1 unspecified atom stereocenters. The van der Waals surface area contributed by atoms with E-state index in [2.05, 4.69) is 60.9 Å². The molecule has 0 heterocycles. The minimum atomic E-state index is 0.251. The predicted octanol–water partition coefficient (Wildman–Crippen LogP) is 4.11. The Morgan fingerprint density at radius 1 is 1.05 bits per heavy atom. The maximum Gasteiger partial charge on any atom is 0.167 e. The second-order valence-corrected chi connectivity index (χ2v) is 5.59. The first kappa shape index (κ1) is 15.5. The summed E-state index contributed by atoms with van der Waals surface area (Å²) in [6, 6.07) is 19.1. The molecule has 0 aromatic heterocycles. The van der Waals surface area contributed by atoms with Gasteiger partial charge >= 0.3 is 0 Å². The molecule has 2 nitrogen and oxygen atoms in total. The van der Waals surface area contributed by atoms with Gasteiger partial charge in [0, 0.05) is 6.54 Å². The van der Waals surface area contributed by atoms with Crippen molar-refractivity contribution in [3.63, 3.8) is 0 Å². The van der Waals surface area contributed by atoms with Crippen molar-refractivity contribution in [3.05, 3.63) is 71.3 Å². The molecule has 110 valence electrons. The van der Waals surface area contributed by atoms with E-state index in [0.717, 1.165) is 13.0 Å². The maximum atomic E-state index is 5.40. The third kappa shape index (κ3) is 4.87. The zero-order valence-corrected chi connectivity index (χ0v) is 13.4. The van der Waals surface area contributed by atoms with E-state index < -0.39 is 0 Å². The van der Waals surface area contributed by atoms with E-state index in [4.69, 9.17) is 12.2 Å². The molecule has 0 aliphatic rings. The van der Waals surface area contributed by atoms with Crippen LogP contribution in [0.5, 0.6) is 0 Å². The monoisotopic (exact) mass is 298 g/mol. The van der Waals surface area contributed by atoms with Gasteiger partial charge in [0.1, 0.15) is 0 Å². The van der Waals surface area contributed by atoms with Gasteiger partial charge in [-0.3, -0.25) is 0 Å². The van der Waals surface area contributed by atoms with Crippen LogP contribution in [0.25, 0.3) is 0 Å². The first-order valence-electron chi connectivity index (χ1n) is 7.34. The number of benzene rings is 2. The standard InChI is InChI=1S/C18H22N2S/c1-3-17(16-11-9-14(2)10-12-16)20-18(21)19-13-15-7-5-4-6-8-15/h4-12,17H,3,13H2,1-2H3,(H2,19,20,21). The van der Waals surface area contributed by atoms with Gasteiger partial charge in [-0.05, 0) is 36.7 Å². The van der Waals surface area contributed by atoms with Crippen molar-refractivity contribution >= 4 is 17.3 Å². The van der Waals surface area contributed by atoms with Crippen LogP contribution in [0, 0.1) is 6.92 Å². The van der Waals surface area contributed by atoms with Gasteiger partial charge in [-0.25, -0.2) is 0 Å². The SMILES string of the molecule is CCC(NC(=S)NCc1ccccc1)c1ccc(C)cc1. The Morgan fingerprint density at radius 2 is 1.71 bits per heavy atom. The molecule has 1 atom stereocenters.